The number of carbonyl (C=O) groups is 7. The van der Waals surface area contributed by atoms with Crippen LogP contribution in [0.5, 0.6) is 0 Å². The van der Waals surface area contributed by atoms with Crippen LogP contribution in [0.1, 0.15) is 66.2 Å². The number of aliphatic carboxylic acids is 1. The van der Waals surface area contributed by atoms with Crippen molar-refractivity contribution in [1.29, 1.82) is 0 Å². The van der Waals surface area contributed by atoms with Crippen LogP contribution < -0.4 is 32.3 Å². The molecule has 2 aliphatic rings. The van der Waals surface area contributed by atoms with Crippen LogP contribution in [0.15, 0.2) is 0 Å². The third-order valence-electron chi connectivity index (χ3n) is 7.71. The molecule has 0 aromatic heterocycles. The number of carboxylic acids is 1. The quantitative estimate of drug-likeness (QED) is 0.110. The van der Waals surface area contributed by atoms with Crippen molar-refractivity contribution in [2.75, 3.05) is 19.6 Å². The summed E-state index contributed by atoms with van der Waals surface area (Å²) < 4.78 is 0. The van der Waals surface area contributed by atoms with Gasteiger partial charge in [0.15, 0.2) is 0 Å². The molecule has 0 saturated carbocycles. The summed E-state index contributed by atoms with van der Waals surface area (Å²) in [6.45, 7) is 7.39. The van der Waals surface area contributed by atoms with Gasteiger partial charge in [0, 0.05) is 6.54 Å². The van der Waals surface area contributed by atoms with Gasteiger partial charge in [-0.3, -0.25) is 33.6 Å². The van der Waals surface area contributed by atoms with E-state index >= 15 is 0 Å². The predicted octanol–water partition coefficient (Wildman–Crippen LogP) is -2.04. The lowest BCUT2D eigenvalue weighted by Gasteiger charge is -2.30. The van der Waals surface area contributed by atoms with Crippen LogP contribution in [-0.2, 0) is 33.6 Å². The summed E-state index contributed by atoms with van der Waals surface area (Å²) in [5, 5.41) is 22.7. The van der Waals surface area contributed by atoms with Crippen molar-refractivity contribution in [2.45, 2.75) is 96.4 Å². The van der Waals surface area contributed by atoms with Gasteiger partial charge in [-0.25, -0.2) is 0 Å². The third kappa shape index (κ3) is 9.67. The monoisotopic (exact) mass is 595 g/mol. The molecule has 0 aromatic rings. The zero-order chi connectivity index (χ0) is 31.6. The molecule has 6 unspecified atom stereocenters. The molecule has 6 amide bonds. The van der Waals surface area contributed by atoms with E-state index in [9.17, 15) is 38.7 Å². The molecule has 2 rings (SSSR count). The minimum Gasteiger partial charge on any atom is -0.481 e. The van der Waals surface area contributed by atoms with E-state index in [1.165, 1.54) is 4.90 Å². The van der Waals surface area contributed by atoms with Crippen molar-refractivity contribution < 1.29 is 38.7 Å². The fourth-order valence-corrected chi connectivity index (χ4v) is 5.08. The second-order valence-corrected chi connectivity index (χ2v) is 11.3. The first kappa shape index (κ1) is 34.5. The summed E-state index contributed by atoms with van der Waals surface area (Å²) in [5.41, 5.74) is 5.30. The maximum absolute atomic E-state index is 13.5. The van der Waals surface area contributed by atoms with E-state index in [1.807, 2.05) is 6.92 Å². The highest BCUT2D eigenvalue weighted by Gasteiger charge is 2.40. The summed E-state index contributed by atoms with van der Waals surface area (Å²) in [6, 6.07) is -4.83. The molecule has 2 fully saturated rings. The molecule has 0 aliphatic carbocycles. The second kappa shape index (κ2) is 16.0. The molecular weight excluding hydrogens is 550 g/mol. The molecule has 0 bridgehead atoms. The van der Waals surface area contributed by atoms with Crippen LogP contribution in [0.25, 0.3) is 0 Å². The maximum atomic E-state index is 13.5. The van der Waals surface area contributed by atoms with Crippen LogP contribution >= 0.6 is 0 Å². The van der Waals surface area contributed by atoms with E-state index in [-0.39, 0.29) is 30.7 Å². The Labute approximate surface area is 245 Å². The number of likely N-dealkylation sites (tertiary alicyclic amines) is 1. The van der Waals surface area contributed by atoms with Gasteiger partial charge in [-0.1, -0.05) is 34.1 Å². The van der Waals surface area contributed by atoms with E-state index in [0.717, 1.165) is 6.42 Å². The first-order valence-corrected chi connectivity index (χ1v) is 14.5. The molecule has 6 atom stereocenters. The smallest absolute Gasteiger partial charge is 0.305 e. The van der Waals surface area contributed by atoms with E-state index in [1.54, 1.807) is 20.8 Å². The van der Waals surface area contributed by atoms with Crippen molar-refractivity contribution in [3.05, 3.63) is 0 Å². The lowest BCUT2D eigenvalue weighted by Crippen LogP contribution is -2.59. The maximum Gasteiger partial charge on any atom is 0.305 e. The van der Waals surface area contributed by atoms with Crippen molar-refractivity contribution in [3.63, 3.8) is 0 Å². The number of nitrogens with one attached hydrogen (secondary N) is 5. The summed E-state index contributed by atoms with van der Waals surface area (Å²) in [7, 11) is 0. The van der Waals surface area contributed by atoms with Gasteiger partial charge in [-0.2, -0.15) is 0 Å². The number of amides is 6. The van der Waals surface area contributed by atoms with Crippen molar-refractivity contribution >= 4 is 41.4 Å². The van der Waals surface area contributed by atoms with Crippen LogP contribution in [0.2, 0.25) is 0 Å². The fourth-order valence-electron chi connectivity index (χ4n) is 5.08. The van der Waals surface area contributed by atoms with Crippen LogP contribution in [0.4, 0.5) is 0 Å². The highest BCUT2D eigenvalue weighted by molar-refractivity contribution is 5.97. The van der Waals surface area contributed by atoms with Crippen LogP contribution in [0.3, 0.4) is 0 Å². The highest BCUT2D eigenvalue weighted by Crippen LogP contribution is 2.20. The van der Waals surface area contributed by atoms with Crippen LogP contribution in [0, 0.1) is 11.8 Å². The molecule has 15 heteroatoms. The molecular formula is C27H45N7O8. The number of nitrogens with zero attached hydrogens (tertiary/aromatic N) is 1. The molecule has 0 aromatic carbocycles. The van der Waals surface area contributed by atoms with Crippen molar-refractivity contribution in [1.82, 2.24) is 31.5 Å². The molecule has 2 aliphatic heterocycles. The Balaban J connectivity index is 2.10. The predicted molar refractivity (Wildman–Crippen MR) is 150 cm³/mol. The first-order valence-electron chi connectivity index (χ1n) is 14.5. The van der Waals surface area contributed by atoms with Crippen molar-refractivity contribution in [2.24, 2.45) is 17.6 Å². The van der Waals surface area contributed by atoms with Gasteiger partial charge in [-0.15, -0.1) is 0 Å². The third-order valence-corrected chi connectivity index (χ3v) is 7.71. The van der Waals surface area contributed by atoms with E-state index in [0.29, 0.717) is 25.8 Å². The van der Waals surface area contributed by atoms with Gasteiger partial charge in [0.25, 0.3) is 0 Å². The Morgan fingerprint density at radius 3 is 2.19 bits per heavy atom. The SMILES string of the molecule is CCC(C)C(NC(=O)C1CCCN1)C(=O)NC(CC(=O)O)C(=O)N1CCCC1C(=O)NCC(=O)NC(C(N)=O)C(C)C. The Morgan fingerprint density at radius 1 is 0.952 bits per heavy atom. The van der Waals surface area contributed by atoms with Gasteiger partial charge in [0.2, 0.25) is 35.4 Å². The summed E-state index contributed by atoms with van der Waals surface area (Å²) in [4.78, 5) is 89.1. The highest BCUT2D eigenvalue weighted by atomic mass is 16.4. The molecule has 15 nitrogen and oxygen atoms in total. The minimum atomic E-state index is -1.48. The fraction of sp³-hybridized carbons (Fsp3) is 0.741. The molecule has 0 spiro atoms. The number of carboxylic acid groups (broad SMARTS) is 1. The number of rotatable bonds is 15. The molecule has 2 heterocycles. The normalized spacial score (nSPS) is 21.1. The molecule has 236 valence electrons. The Morgan fingerprint density at radius 2 is 1.64 bits per heavy atom. The van der Waals surface area contributed by atoms with Gasteiger partial charge in [0.05, 0.1) is 19.0 Å². The lowest BCUT2D eigenvalue weighted by molar-refractivity contribution is -0.146. The Bertz CT molecular complexity index is 1030. The van der Waals surface area contributed by atoms with Gasteiger partial charge in [0.1, 0.15) is 24.2 Å². The van der Waals surface area contributed by atoms with Gasteiger partial charge < -0.3 is 42.3 Å². The molecule has 2 saturated heterocycles. The molecule has 8 N–H and O–H groups in total. The van der Waals surface area contributed by atoms with Gasteiger partial charge >= 0.3 is 5.97 Å². The zero-order valence-electron chi connectivity index (χ0n) is 24.7. The Kier molecular flexibility index (Phi) is 13.2. The Hall–Kier alpha value is -3.75. The number of hydrogen-bond acceptors (Lipinski definition) is 8. The van der Waals surface area contributed by atoms with E-state index in [2.05, 4.69) is 26.6 Å². The number of primary amides is 1. The van der Waals surface area contributed by atoms with E-state index in [4.69, 9.17) is 5.73 Å². The summed E-state index contributed by atoms with van der Waals surface area (Å²) in [6.07, 6.45) is 1.97. The second-order valence-electron chi connectivity index (χ2n) is 11.3. The first-order chi connectivity index (χ1) is 19.8. The topological polar surface area (TPSA) is 229 Å². The largest absolute Gasteiger partial charge is 0.481 e. The summed E-state index contributed by atoms with van der Waals surface area (Å²) in [5.74, 6) is -5.69. The number of hydrogen-bond donors (Lipinski definition) is 7. The average molecular weight is 596 g/mol. The number of nitrogens with two attached hydrogens (primary N) is 1. The van der Waals surface area contributed by atoms with Crippen LogP contribution in [-0.4, -0.2) is 101 Å². The summed E-state index contributed by atoms with van der Waals surface area (Å²) >= 11 is 0. The van der Waals surface area contributed by atoms with Gasteiger partial charge in [-0.05, 0) is 44.1 Å². The average Bonchev–Trinajstić information content (AvgIpc) is 3.64. The zero-order valence-corrected chi connectivity index (χ0v) is 24.7. The molecule has 0 radical (unpaired) electrons. The van der Waals surface area contributed by atoms with E-state index < -0.39 is 78.7 Å². The number of carbonyl (C=O) groups excluding carboxylic acids is 6. The minimum absolute atomic E-state index is 0.144. The standard InChI is InChI=1S/C27H45N7O8/c1-5-15(4)22(33-24(39)16-8-6-10-29-16)26(41)31-17(12-20(36)37)27(42)34-11-7-9-18(34)25(40)30-13-19(35)32-21(14(2)3)23(28)38/h14-18,21-22,29H,5-13H2,1-4H3,(H2,28,38)(H,30,40)(H,31,41)(H,32,35)(H,33,39)(H,36,37). The van der Waals surface area contributed by atoms with Crippen molar-refractivity contribution in [3.8, 4) is 0 Å². The molecule has 42 heavy (non-hydrogen) atoms. The lowest BCUT2D eigenvalue weighted by atomic mass is 9.97.